The van der Waals surface area contributed by atoms with Crippen LogP contribution in [0.4, 0.5) is 5.69 Å². The van der Waals surface area contributed by atoms with Crippen LogP contribution >= 0.6 is 11.6 Å². The molecule has 0 radical (unpaired) electrons. The number of nitrogens with zero attached hydrogens (tertiary/aromatic N) is 1. The number of hydrogen-bond donors (Lipinski definition) is 0. The first-order valence-corrected chi connectivity index (χ1v) is 6.47. The summed E-state index contributed by atoms with van der Waals surface area (Å²) in [6.45, 7) is 0. The van der Waals surface area contributed by atoms with E-state index < -0.39 is 0 Å². The van der Waals surface area contributed by atoms with Crippen LogP contribution in [0.1, 0.15) is 5.56 Å². The average Bonchev–Trinajstić information content (AvgIpc) is 2.46. The summed E-state index contributed by atoms with van der Waals surface area (Å²) < 4.78 is 0. The van der Waals surface area contributed by atoms with Gasteiger partial charge in [-0.25, -0.2) is 0 Å². The van der Waals surface area contributed by atoms with Crippen molar-refractivity contribution in [2.24, 2.45) is 4.99 Å². The predicted octanol–water partition coefficient (Wildman–Crippen LogP) is 5.24. The quantitative estimate of drug-likeness (QED) is 0.562. The van der Waals surface area contributed by atoms with E-state index in [9.17, 15) is 0 Å². The van der Waals surface area contributed by atoms with Gasteiger partial charge in [0.15, 0.2) is 0 Å². The minimum Gasteiger partial charge on any atom is -0.256 e. The Morgan fingerprint density at radius 3 is 2.32 bits per heavy atom. The maximum Gasteiger partial charge on any atom is 0.0636 e. The maximum absolute atomic E-state index is 5.85. The number of fused-ring (bicyclic) bond motifs is 1. The molecule has 0 amide bonds. The summed E-state index contributed by atoms with van der Waals surface area (Å²) >= 11 is 5.85. The smallest absolute Gasteiger partial charge is 0.0636 e. The highest BCUT2D eigenvalue weighted by Crippen LogP contribution is 2.21. The van der Waals surface area contributed by atoms with E-state index in [-0.39, 0.29) is 0 Å². The molecule has 0 aliphatic rings. The highest BCUT2D eigenvalue weighted by Gasteiger charge is 1.94. The van der Waals surface area contributed by atoms with E-state index in [1.165, 1.54) is 10.8 Å². The first-order valence-electron chi connectivity index (χ1n) is 6.10. The first kappa shape index (κ1) is 11.9. The number of benzene rings is 3. The van der Waals surface area contributed by atoms with Crippen molar-refractivity contribution in [1.29, 1.82) is 0 Å². The van der Waals surface area contributed by atoms with Crippen molar-refractivity contribution in [2.45, 2.75) is 0 Å². The Kier molecular flexibility index (Phi) is 3.30. The molecular weight excluding hydrogens is 254 g/mol. The predicted molar refractivity (Wildman–Crippen MR) is 82.7 cm³/mol. The molecule has 0 saturated carbocycles. The molecule has 0 spiro atoms. The largest absolute Gasteiger partial charge is 0.256 e. The second-order valence-electron chi connectivity index (χ2n) is 4.34. The summed E-state index contributed by atoms with van der Waals surface area (Å²) in [6, 6.07) is 22.1. The zero-order valence-electron chi connectivity index (χ0n) is 10.3. The molecule has 3 aromatic rings. The van der Waals surface area contributed by atoms with Crippen molar-refractivity contribution in [3.05, 3.63) is 77.3 Å². The van der Waals surface area contributed by atoms with Crippen molar-refractivity contribution >= 4 is 34.3 Å². The van der Waals surface area contributed by atoms with Gasteiger partial charge in [0.25, 0.3) is 0 Å². The van der Waals surface area contributed by atoms with Crippen LogP contribution in [0.15, 0.2) is 71.7 Å². The molecule has 0 aliphatic heterocycles. The molecule has 1 nitrogen and oxygen atoms in total. The second kappa shape index (κ2) is 5.25. The van der Waals surface area contributed by atoms with Crippen LogP contribution in [0.3, 0.4) is 0 Å². The molecule has 0 heterocycles. The molecular formula is C17H12ClN. The maximum atomic E-state index is 5.85. The first-order chi connectivity index (χ1) is 9.31. The molecule has 0 aliphatic carbocycles. The Hall–Kier alpha value is -2.12. The zero-order chi connectivity index (χ0) is 13.1. The third-order valence-corrected chi connectivity index (χ3v) is 3.22. The summed E-state index contributed by atoms with van der Waals surface area (Å²) in [5, 5.41) is 3.17. The van der Waals surface area contributed by atoms with Crippen LogP contribution in [0.2, 0.25) is 5.02 Å². The van der Waals surface area contributed by atoms with Gasteiger partial charge in [-0.05, 0) is 40.6 Å². The fraction of sp³-hybridized carbons (Fsp3) is 0. The van der Waals surface area contributed by atoms with Gasteiger partial charge in [0, 0.05) is 11.2 Å². The lowest BCUT2D eigenvalue weighted by atomic mass is 10.1. The number of aliphatic imine (C=N–C) groups is 1. The molecule has 19 heavy (non-hydrogen) atoms. The summed E-state index contributed by atoms with van der Waals surface area (Å²) in [4.78, 5) is 4.49. The van der Waals surface area contributed by atoms with Gasteiger partial charge >= 0.3 is 0 Å². The second-order valence-corrected chi connectivity index (χ2v) is 4.78. The highest BCUT2D eigenvalue weighted by molar-refractivity contribution is 6.30. The zero-order valence-corrected chi connectivity index (χ0v) is 11.0. The van der Waals surface area contributed by atoms with Gasteiger partial charge in [-0.2, -0.15) is 0 Å². The summed E-state index contributed by atoms with van der Waals surface area (Å²) in [5.74, 6) is 0. The lowest BCUT2D eigenvalue weighted by Crippen LogP contribution is -1.79. The van der Waals surface area contributed by atoms with Crippen LogP contribution in [0.5, 0.6) is 0 Å². The van der Waals surface area contributed by atoms with Gasteiger partial charge in [-0.3, -0.25) is 4.99 Å². The molecule has 0 fully saturated rings. The fourth-order valence-corrected chi connectivity index (χ4v) is 2.08. The monoisotopic (exact) mass is 265 g/mol. The molecule has 0 N–H and O–H groups in total. The van der Waals surface area contributed by atoms with E-state index in [4.69, 9.17) is 11.6 Å². The Bertz CT molecular complexity index is 730. The van der Waals surface area contributed by atoms with Gasteiger partial charge in [0.1, 0.15) is 0 Å². The molecule has 0 saturated heterocycles. The molecule has 3 aromatic carbocycles. The standard InChI is InChI=1S/C17H12ClN/c18-16-8-5-13(6-9-16)12-19-17-10-7-14-3-1-2-4-15(14)11-17/h1-12H/b19-12+. The number of hydrogen-bond acceptors (Lipinski definition) is 1. The van der Waals surface area contributed by atoms with E-state index in [1.807, 2.05) is 48.7 Å². The Morgan fingerprint density at radius 2 is 1.53 bits per heavy atom. The fourth-order valence-electron chi connectivity index (χ4n) is 1.95. The van der Waals surface area contributed by atoms with Crippen LogP contribution in [-0.2, 0) is 0 Å². The highest BCUT2D eigenvalue weighted by atomic mass is 35.5. The van der Waals surface area contributed by atoms with E-state index in [2.05, 4.69) is 29.3 Å². The third kappa shape index (κ3) is 2.83. The van der Waals surface area contributed by atoms with Crippen molar-refractivity contribution in [3.8, 4) is 0 Å². The summed E-state index contributed by atoms with van der Waals surface area (Å²) in [5.41, 5.74) is 1.99. The lowest BCUT2D eigenvalue weighted by Gasteiger charge is -1.99. The van der Waals surface area contributed by atoms with Crippen molar-refractivity contribution in [3.63, 3.8) is 0 Å². The molecule has 0 unspecified atom stereocenters. The Morgan fingerprint density at radius 1 is 0.789 bits per heavy atom. The van der Waals surface area contributed by atoms with Gasteiger partial charge in [0.2, 0.25) is 0 Å². The minimum absolute atomic E-state index is 0.739. The SMILES string of the molecule is Clc1ccc(/C=N/c2ccc3ccccc3c2)cc1. The Labute approximate surface area is 117 Å². The van der Waals surface area contributed by atoms with Crippen LogP contribution < -0.4 is 0 Å². The van der Waals surface area contributed by atoms with Gasteiger partial charge < -0.3 is 0 Å². The molecule has 3 rings (SSSR count). The average molecular weight is 266 g/mol. The van der Waals surface area contributed by atoms with Crippen LogP contribution in [0.25, 0.3) is 10.8 Å². The molecule has 0 atom stereocenters. The van der Waals surface area contributed by atoms with Gasteiger partial charge in [0.05, 0.1) is 5.69 Å². The van der Waals surface area contributed by atoms with E-state index >= 15 is 0 Å². The van der Waals surface area contributed by atoms with Crippen molar-refractivity contribution in [1.82, 2.24) is 0 Å². The lowest BCUT2D eigenvalue weighted by molar-refractivity contribution is 1.55. The van der Waals surface area contributed by atoms with Gasteiger partial charge in [-0.1, -0.05) is 54.1 Å². The van der Waals surface area contributed by atoms with Crippen LogP contribution in [0, 0.1) is 0 Å². The van der Waals surface area contributed by atoms with Crippen molar-refractivity contribution in [2.75, 3.05) is 0 Å². The number of rotatable bonds is 2. The number of halogens is 1. The van der Waals surface area contributed by atoms with Crippen molar-refractivity contribution < 1.29 is 0 Å². The topological polar surface area (TPSA) is 12.4 Å². The normalized spacial score (nSPS) is 11.2. The third-order valence-electron chi connectivity index (χ3n) is 2.97. The van der Waals surface area contributed by atoms with E-state index in [1.54, 1.807) is 0 Å². The summed E-state index contributed by atoms with van der Waals surface area (Å²) in [7, 11) is 0. The van der Waals surface area contributed by atoms with Crippen LogP contribution in [-0.4, -0.2) is 6.21 Å². The van der Waals surface area contributed by atoms with E-state index in [0.717, 1.165) is 16.3 Å². The van der Waals surface area contributed by atoms with E-state index in [0.29, 0.717) is 0 Å². The summed E-state index contributed by atoms with van der Waals surface area (Å²) in [6.07, 6.45) is 1.85. The molecule has 2 heteroatoms. The molecule has 0 bridgehead atoms. The molecule has 92 valence electrons. The minimum atomic E-state index is 0.739. The van der Waals surface area contributed by atoms with Gasteiger partial charge in [-0.15, -0.1) is 0 Å². The Balaban J connectivity index is 1.90. The molecule has 0 aromatic heterocycles.